The number of hydrogen-bond donors (Lipinski definition) is 0. The van der Waals surface area contributed by atoms with Crippen molar-refractivity contribution in [1.82, 2.24) is 9.78 Å². The summed E-state index contributed by atoms with van der Waals surface area (Å²) in [4.78, 5) is 0. The van der Waals surface area contributed by atoms with E-state index in [1.54, 1.807) is 10.9 Å². The highest BCUT2D eigenvalue weighted by molar-refractivity contribution is 6.74. The average Bonchev–Trinajstić information content (AvgIpc) is 2.57. The van der Waals surface area contributed by atoms with Gasteiger partial charge in [-0.05, 0) is 18.1 Å². The molecular formula is C12H24N2O2Si. The second-order valence-electron chi connectivity index (χ2n) is 5.75. The fraction of sp³-hybridized carbons (Fsp3) is 0.750. The van der Waals surface area contributed by atoms with Gasteiger partial charge in [0.15, 0.2) is 8.32 Å². The molecule has 1 aromatic rings. The SMILES string of the molecule is Cn1nccc1OCCO[Si](C)(C)C(C)(C)C. The number of ether oxygens (including phenoxy) is 1. The molecular weight excluding hydrogens is 232 g/mol. The van der Waals surface area contributed by atoms with Crippen molar-refractivity contribution < 1.29 is 9.16 Å². The molecule has 0 N–H and O–H groups in total. The highest BCUT2D eigenvalue weighted by Gasteiger charge is 2.36. The molecule has 4 nitrogen and oxygen atoms in total. The van der Waals surface area contributed by atoms with E-state index in [1.807, 2.05) is 13.1 Å². The predicted molar refractivity (Wildman–Crippen MR) is 71.9 cm³/mol. The van der Waals surface area contributed by atoms with Crippen molar-refractivity contribution >= 4 is 8.32 Å². The fourth-order valence-electron chi connectivity index (χ4n) is 1.16. The largest absolute Gasteiger partial charge is 0.475 e. The molecule has 0 aliphatic carbocycles. The Morgan fingerprint density at radius 1 is 1.29 bits per heavy atom. The summed E-state index contributed by atoms with van der Waals surface area (Å²) in [7, 11) is 0.222. The Bertz CT molecular complexity index is 356. The zero-order chi connectivity index (χ0) is 13.1. The second kappa shape index (κ2) is 5.22. The molecule has 0 radical (unpaired) electrons. The van der Waals surface area contributed by atoms with Crippen LogP contribution in [0.2, 0.25) is 18.1 Å². The number of rotatable bonds is 5. The first kappa shape index (κ1) is 14.2. The maximum Gasteiger partial charge on any atom is 0.211 e. The zero-order valence-corrected chi connectivity index (χ0v) is 12.8. The molecule has 0 bridgehead atoms. The minimum Gasteiger partial charge on any atom is -0.475 e. The van der Waals surface area contributed by atoms with E-state index in [4.69, 9.17) is 9.16 Å². The van der Waals surface area contributed by atoms with Gasteiger partial charge in [0.05, 0.1) is 12.8 Å². The van der Waals surface area contributed by atoms with Gasteiger partial charge in [-0.2, -0.15) is 5.10 Å². The molecule has 0 spiro atoms. The van der Waals surface area contributed by atoms with Crippen LogP contribution in [0.1, 0.15) is 20.8 Å². The Hall–Kier alpha value is -0.813. The summed E-state index contributed by atoms with van der Waals surface area (Å²) in [6.45, 7) is 12.4. The summed E-state index contributed by atoms with van der Waals surface area (Å²) in [6.07, 6.45) is 1.73. The van der Waals surface area contributed by atoms with Crippen molar-refractivity contribution in [1.29, 1.82) is 0 Å². The van der Waals surface area contributed by atoms with Gasteiger partial charge in [-0.25, -0.2) is 4.68 Å². The number of aromatic nitrogens is 2. The van der Waals surface area contributed by atoms with Crippen LogP contribution < -0.4 is 4.74 Å². The van der Waals surface area contributed by atoms with Crippen LogP contribution in [0.4, 0.5) is 0 Å². The van der Waals surface area contributed by atoms with E-state index in [1.165, 1.54) is 0 Å². The maximum atomic E-state index is 6.02. The molecule has 0 saturated heterocycles. The van der Waals surface area contributed by atoms with Gasteiger partial charge < -0.3 is 9.16 Å². The van der Waals surface area contributed by atoms with Crippen LogP contribution >= 0.6 is 0 Å². The summed E-state index contributed by atoms with van der Waals surface area (Å²) in [5.74, 6) is 0.781. The van der Waals surface area contributed by atoms with Crippen LogP contribution in [0.5, 0.6) is 5.88 Å². The Morgan fingerprint density at radius 3 is 2.41 bits per heavy atom. The lowest BCUT2D eigenvalue weighted by molar-refractivity contribution is 0.194. The number of nitrogens with zero attached hydrogens (tertiary/aromatic N) is 2. The zero-order valence-electron chi connectivity index (χ0n) is 11.8. The lowest BCUT2D eigenvalue weighted by Gasteiger charge is -2.36. The molecule has 0 unspecified atom stereocenters. The van der Waals surface area contributed by atoms with Gasteiger partial charge >= 0.3 is 0 Å². The topological polar surface area (TPSA) is 36.3 Å². The van der Waals surface area contributed by atoms with Crippen LogP contribution in [0.3, 0.4) is 0 Å². The summed E-state index contributed by atoms with van der Waals surface area (Å²) < 4.78 is 13.3. The Balaban J connectivity index is 2.32. The smallest absolute Gasteiger partial charge is 0.211 e. The molecule has 0 saturated carbocycles. The van der Waals surface area contributed by atoms with Crippen molar-refractivity contribution in [3.05, 3.63) is 12.3 Å². The van der Waals surface area contributed by atoms with Crippen molar-refractivity contribution in [3.63, 3.8) is 0 Å². The highest BCUT2D eigenvalue weighted by Crippen LogP contribution is 2.36. The van der Waals surface area contributed by atoms with Gasteiger partial charge in [0.2, 0.25) is 5.88 Å². The number of aryl methyl sites for hydroxylation is 1. The lowest BCUT2D eigenvalue weighted by Crippen LogP contribution is -2.41. The van der Waals surface area contributed by atoms with E-state index >= 15 is 0 Å². The molecule has 0 aliphatic heterocycles. The van der Waals surface area contributed by atoms with Crippen LogP contribution in [-0.4, -0.2) is 31.3 Å². The maximum absolute atomic E-state index is 6.02. The standard InChI is InChI=1S/C12H24N2O2Si/c1-12(2,3)17(5,6)16-10-9-15-11-7-8-13-14(11)4/h7-8H,9-10H2,1-6H3. The van der Waals surface area contributed by atoms with Gasteiger partial charge in [0, 0.05) is 13.1 Å². The van der Waals surface area contributed by atoms with Gasteiger partial charge in [-0.15, -0.1) is 0 Å². The first-order chi connectivity index (χ1) is 7.74. The first-order valence-corrected chi connectivity index (χ1v) is 8.89. The van der Waals surface area contributed by atoms with E-state index in [-0.39, 0.29) is 5.04 Å². The summed E-state index contributed by atoms with van der Waals surface area (Å²) in [5, 5.41) is 4.29. The molecule has 1 rings (SSSR count). The minimum absolute atomic E-state index is 0.250. The average molecular weight is 256 g/mol. The molecule has 5 heteroatoms. The predicted octanol–water partition coefficient (Wildman–Crippen LogP) is 2.82. The molecule has 1 heterocycles. The highest BCUT2D eigenvalue weighted by atomic mass is 28.4. The molecule has 0 amide bonds. The monoisotopic (exact) mass is 256 g/mol. The Morgan fingerprint density at radius 2 is 1.94 bits per heavy atom. The quantitative estimate of drug-likeness (QED) is 0.600. The molecule has 98 valence electrons. The summed E-state index contributed by atoms with van der Waals surface area (Å²) in [5.41, 5.74) is 0. The van der Waals surface area contributed by atoms with Crippen LogP contribution in [0.25, 0.3) is 0 Å². The summed E-state index contributed by atoms with van der Waals surface area (Å²) in [6, 6.07) is 1.85. The van der Waals surface area contributed by atoms with Crippen molar-refractivity contribution in [2.45, 2.75) is 38.9 Å². The molecule has 1 aromatic heterocycles. The second-order valence-corrected chi connectivity index (χ2v) is 10.6. The van der Waals surface area contributed by atoms with Crippen LogP contribution in [0.15, 0.2) is 12.3 Å². The van der Waals surface area contributed by atoms with Crippen LogP contribution in [0, 0.1) is 0 Å². The van der Waals surface area contributed by atoms with E-state index in [0.717, 1.165) is 5.88 Å². The van der Waals surface area contributed by atoms with Crippen molar-refractivity contribution in [2.75, 3.05) is 13.2 Å². The van der Waals surface area contributed by atoms with Gasteiger partial charge in [0.25, 0.3) is 0 Å². The molecule has 0 fully saturated rings. The van der Waals surface area contributed by atoms with E-state index in [0.29, 0.717) is 13.2 Å². The van der Waals surface area contributed by atoms with E-state index in [2.05, 4.69) is 39.0 Å². The van der Waals surface area contributed by atoms with Crippen LogP contribution in [-0.2, 0) is 11.5 Å². The summed E-state index contributed by atoms with van der Waals surface area (Å²) >= 11 is 0. The molecule has 0 aromatic carbocycles. The Kier molecular flexibility index (Phi) is 4.38. The molecule has 0 aliphatic rings. The molecule has 0 atom stereocenters. The first-order valence-electron chi connectivity index (χ1n) is 5.99. The third-order valence-corrected chi connectivity index (χ3v) is 7.92. The number of hydrogen-bond acceptors (Lipinski definition) is 3. The molecule has 17 heavy (non-hydrogen) atoms. The van der Waals surface area contributed by atoms with Gasteiger partial charge in [-0.3, -0.25) is 0 Å². The van der Waals surface area contributed by atoms with Gasteiger partial charge in [0.1, 0.15) is 6.61 Å². The Labute approximate surface area is 105 Å². The van der Waals surface area contributed by atoms with Crippen molar-refractivity contribution in [3.8, 4) is 5.88 Å². The normalized spacial score (nSPS) is 12.8. The minimum atomic E-state index is -1.64. The van der Waals surface area contributed by atoms with E-state index in [9.17, 15) is 0 Å². The van der Waals surface area contributed by atoms with Gasteiger partial charge in [-0.1, -0.05) is 20.8 Å². The third kappa shape index (κ3) is 3.85. The van der Waals surface area contributed by atoms with E-state index < -0.39 is 8.32 Å². The fourth-order valence-corrected chi connectivity index (χ4v) is 2.19. The third-order valence-electron chi connectivity index (χ3n) is 3.38. The lowest BCUT2D eigenvalue weighted by atomic mass is 10.2. The van der Waals surface area contributed by atoms with Crippen molar-refractivity contribution in [2.24, 2.45) is 7.05 Å².